The van der Waals surface area contributed by atoms with Crippen molar-refractivity contribution in [1.82, 2.24) is 10.2 Å². The summed E-state index contributed by atoms with van der Waals surface area (Å²) in [5, 5.41) is 2.27. The van der Waals surface area contributed by atoms with E-state index < -0.39 is 6.03 Å². The van der Waals surface area contributed by atoms with E-state index in [4.69, 9.17) is 0 Å². The van der Waals surface area contributed by atoms with Gasteiger partial charge in [0.2, 0.25) is 6.41 Å². The Morgan fingerprint density at radius 3 is 2.38 bits per heavy atom. The lowest BCUT2D eigenvalue weighted by atomic mass is 10.8. The van der Waals surface area contributed by atoms with Crippen LogP contribution in [0.4, 0.5) is 4.79 Å². The summed E-state index contributed by atoms with van der Waals surface area (Å²) in [5.41, 5.74) is 0. The molecule has 0 radical (unpaired) electrons. The number of imide groups is 1. The van der Waals surface area contributed by atoms with E-state index in [1.807, 2.05) is 0 Å². The summed E-state index contributed by atoms with van der Waals surface area (Å²) in [6, 6.07) is -0.403. The van der Waals surface area contributed by atoms with Gasteiger partial charge in [0.25, 0.3) is 0 Å². The Kier molecular flexibility index (Phi) is 2.61. The average Bonchev–Trinajstić information content (AvgIpc) is 1.84. The van der Waals surface area contributed by atoms with Gasteiger partial charge in [-0.05, 0) is 0 Å². The van der Waals surface area contributed by atoms with Gasteiger partial charge in [-0.1, -0.05) is 0 Å². The Balaban J connectivity index is 3.62. The summed E-state index contributed by atoms with van der Waals surface area (Å²) in [6.45, 7) is 0. The van der Waals surface area contributed by atoms with Crippen molar-refractivity contribution in [1.29, 1.82) is 0 Å². The highest BCUT2D eigenvalue weighted by molar-refractivity contribution is 5.83. The van der Waals surface area contributed by atoms with Crippen molar-refractivity contribution in [2.75, 3.05) is 14.1 Å². The molecular formula is C4H8N2O2. The van der Waals surface area contributed by atoms with Crippen molar-refractivity contribution in [3.05, 3.63) is 0 Å². The number of carbonyl (C=O) groups excluding carboxylic acids is 2. The molecule has 46 valence electrons. The van der Waals surface area contributed by atoms with Crippen molar-refractivity contribution in [2.45, 2.75) is 0 Å². The van der Waals surface area contributed by atoms with E-state index in [0.29, 0.717) is 6.41 Å². The summed E-state index contributed by atoms with van der Waals surface area (Å²) in [6.07, 6.45) is 0.443. The maximum absolute atomic E-state index is 10.3. The lowest BCUT2D eigenvalue weighted by Gasteiger charge is -2.05. The van der Waals surface area contributed by atoms with Crippen LogP contribution in [0.5, 0.6) is 0 Å². The molecule has 0 fully saturated rings. The monoisotopic (exact) mass is 116 g/mol. The van der Waals surface area contributed by atoms with Gasteiger partial charge in [-0.2, -0.15) is 0 Å². The van der Waals surface area contributed by atoms with Crippen molar-refractivity contribution in [3.63, 3.8) is 0 Å². The Hall–Kier alpha value is -1.06. The van der Waals surface area contributed by atoms with E-state index in [9.17, 15) is 9.59 Å². The first kappa shape index (κ1) is 6.94. The second kappa shape index (κ2) is 3.01. The van der Waals surface area contributed by atoms with Crippen molar-refractivity contribution in [3.8, 4) is 0 Å². The van der Waals surface area contributed by atoms with Crippen LogP contribution in [0, 0.1) is 0 Å². The fourth-order valence-corrected chi connectivity index (χ4v) is 0.224. The van der Waals surface area contributed by atoms with Crippen LogP contribution in [0.15, 0.2) is 0 Å². The molecule has 3 amide bonds. The molecule has 4 heteroatoms. The molecule has 0 unspecified atom stereocenters. The summed E-state index contributed by atoms with van der Waals surface area (Å²) in [4.78, 5) is 21.0. The molecule has 0 rings (SSSR count). The van der Waals surface area contributed by atoms with Gasteiger partial charge in [0.1, 0.15) is 0 Å². The highest BCUT2D eigenvalue weighted by atomic mass is 16.2. The van der Waals surface area contributed by atoms with Gasteiger partial charge >= 0.3 is 6.03 Å². The minimum absolute atomic E-state index is 0.403. The van der Waals surface area contributed by atoms with Gasteiger partial charge < -0.3 is 5.32 Å². The van der Waals surface area contributed by atoms with Gasteiger partial charge in [0.05, 0.1) is 0 Å². The standard InChI is InChI=1S/C4H8N2O2/c1-5-4(8)6(2)3-7/h3H,1-2H3,(H,5,8). The molecule has 0 aliphatic rings. The highest BCUT2D eigenvalue weighted by Gasteiger charge is 2.00. The van der Waals surface area contributed by atoms with Crippen molar-refractivity contribution < 1.29 is 9.59 Å². The van der Waals surface area contributed by atoms with Crippen LogP contribution < -0.4 is 5.32 Å². The lowest BCUT2D eigenvalue weighted by molar-refractivity contribution is -0.114. The number of nitrogens with one attached hydrogen (secondary N) is 1. The number of rotatable bonds is 1. The molecule has 0 heterocycles. The number of amides is 3. The van der Waals surface area contributed by atoms with E-state index in [2.05, 4.69) is 5.32 Å². The average molecular weight is 116 g/mol. The Morgan fingerprint density at radius 2 is 2.25 bits per heavy atom. The predicted molar refractivity (Wildman–Crippen MR) is 28.3 cm³/mol. The number of hydrogen-bond acceptors (Lipinski definition) is 2. The molecular weight excluding hydrogens is 108 g/mol. The quantitative estimate of drug-likeness (QED) is 0.466. The van der Waals surface area contributed by atoms with Gasteiger partial charge in [-0.25, -0.2) is 4.79 Å². The van der Waals surface area contributed by atoms with E-state index in [1.165, 1.54) is 14.1 Å². The predicted octanol–water partition coefficient (Wildman–Crippen LogP) is -0.586. The Labute approximate surface area is 47.5 Å². The molecule has 1 N–H and O–H groups in total. The van der Waals surface area contributed by atoms with Crippen LogP contribution >= 0.6 is 0 Å². The van der Waals surface area contributed by atoms with Gasteiger partial charge in [0.15, 0.2) is 0 Å². The topological polar surface area (TPSA) is 49.4 Å². The van der Waals surface area contributed by atoms with Crippen LogP contribution in [0.1, 0.15) is 0 Å². The molecule has 0 aliphatic carbocycles. The smallest absolute Gasteiger partial charge is 0.323 e. The molecule has 8 heavy (non-hydrogen) atoms. The first-order chi connectivity index (χ1) is 3.72. The van der Waals surface area contributed by atoms with E-state index in [0.717, 1.165) is 4.90 Å². The van der Waals surface area contributed by atoms with Gasteiger partial charge in [-0.15, -0.1) is 0 Å². The molecule has 0 saturated carbocycles. The lowest BCUT2D eigenvalue weighted by Crippen LogP contribution is -2.33. The summed E-state index contributed by atoms with van der Waals surface area (Å²) < 4.78 is 0. The Morgan fingerprint density at radius 1 is 1.75 bits per heavy atom. The second-order valence-electron chi connectivity index (χ2n) is 1.27. The minimum atomic E-state index is -0.403. The zero-order valence-corrected chi connectivity index (χ0v) is 4.84. The molecule has 0 atom stereocenters. The van der Waals surface area contributed by atoms with Gasteiger partial charge in [-0.3, -0.25) is 9.69 Å². The molecule has 0 aromatic heterocycles. The zero-order valence-electron chi connectivity index (χ0n) is 4.84. The van der Waals surface area contributed by atoms with Crippen LogP contribution in [0.3, 0.4) is 0 Å². The third-order valence-corrected chi connectivity index (χ3v) is 0.692. The SMILES string of the molecule is CNC(=O)N(C)C=O. The first-order valence-corrected chi connectivity index (χ1v) is 2.12. The van der Waals surface area contributed by atoms with E-state index in [-0.39, 0.29) is 0 Å². The van der Waals surface area contributed by atoms with Crippen LogP contribution in [0.2, 0.25) is 0 Å². The van der Waals surface area contributed by atoms with Crippen LogP contribution in [-0.4, -0.2) is 31.4 Å². The van der Waals surface area contributed by atoms with Crippen LogP contribution in [0.25, 0.3) is 0 Å². The molecule has 0 aromatic rings. The Bertz CT molecular complexity index is 102. The molecule has 0 aliphatic heterocycles. The third-order valence-electron chi connectivity index (χ3n) is 0.692. The molecule has 0 aromatic carbocycles. The van der Waals surface area contributed by atoms with Gasteiger partial charge in [0, 0.05) is 14.1 Å². The number of hydrogen-bond donors (Lipinski definition) is 1. The van der Waals surface area contributed by atoms with Crippen LogP contribution in [-0.2, 0) is 4.79 Å². The number of urea groups is 1. The zero-order chi connectivity index (χ0) is 6.57. The molecule has 0 bridgehead atoms. The molecule has 4 nitrogen and oxygen atoms in total. The summed E-state index contributed by atoms with van der Waals surface area (Å²) in [7, 11) is 2.84. The maximum atomic E-state index is 10.3. The number of carbonyl (C=O) groups is 2. The second-order valence-corrected chi connectivity index (χ2v) is 1.27. The summed E-state index contributed by atoms with van der Waals surface area (Å²) in [5.74, 6) is 0. The third kappa shape index (κ3) is 1.59. The highest BCUT2D eigenvalue weighted by Crippen LogP contribution is 1.72. The first-order valence-electron chi connectivity index (χ1n) is 2.12. The fourth-order valence-electron chi connectivity index (χ4n) is 0.224. The van der Waals surface area contributed by atoms with E-state index >= 15 is 0 Å². The number of nitrogens with zero attached hydrogens (tertiary/aromatic N) is 1. The summed E-state index contributed by atoms with van der Waals surface area (Å²) >= 11 is 0. The molecule has 0 spiro atoms. The largest absolute Gasteiger partial charge is 0.341 e. The minimum Gasteiger partial charge on any atom is -0.341 e. The fraction of sp³-hybridized carbons (Fsp3) is 0.500. The van der Waals surface area contributed by atoms with E-state index in [1.54, 1.807) is 0 Å². The maximum Gasteiger partial charge on any atom is 0.323 e. The van der Waals surface area contributed by atoms with Crippen molar-refractivity contribution in [2.24, 2.45) is 0 Å². The van der Waals surface area contributed by atoms with Crippen molar-refractivity contribution >= 4 is 12.4 Å². The normalized spacial score (nSPS) is 7.75. The molecule has 0 saturated heterocycles.